The number of rotatable bonds is 4. The molecule has 0 amide bonds. The molecule has 4 rings (SSSR count). The van der Waals surface area contributed by atoms with E-state index in [2.05, 4.69) is 9.97 Å². The van der Waals surface area contributed by atoms with Crippen LogP contribution in [0, 0.1) is 6.92 Å². The smallest absolute Gasteiger partial charge is 0.349 e. The average molecular weight is 382 g/mol. The van der Waals surface area contributed by atoms with E-state index < -0.39 is 5.97 Å². The molecule has 0 bridgehead atoms. The number of fused-ring (bicyclic) bond motifs is 1. The quantitative estimate of drug-likeness (QED) is 0.532. The maximum Gasteiger partial charge on any atom is 0.349 e. The molecule has 0 aliphatic rings. The van der Waals surface area contributed by atoms with Gasteiger partial charge in [-0.1, -0.05) is 29.8 Å². The molecule has 3 heterocycles. The number of hydrogen-bond acceptors (Lipinski definition) is 6. The van der Waals surface area contributed by atoms with Crippen LogP contribution in [0.1, 0.15) is 21.1 Å². The third-order valence-electron chi connectivity index (χ3n) is 3.92. The number of hydrogen-bond donors (Lipinski definition) is 1. The number of benzene rings is 1. The Balaban J connectivity index is 1.54. The molecule has 0 saturated heterocycles. The largest absolute Gasteiger partial charge is 0.453 e. The lowest BCUT2D eigenvalue weighted by atomic mass is 10.1. The summed E-state index contributed by atoms with van der Waals surface area (Å²) in [5, 5.41) is 3.67. The number of thiophene rings is 2. The van der Waals surface area contributed by atoms with E-state index in [1.807, 2.05) is 48.0 Å². The van der Waals surface area contributed by atoms with Gasteiger partial charge in [0.15, 0.2) is 0 Å². The number of carbonyl (C=O) groups is 1. The molecule has 5 nitrogen and oxygen atoms in total. The normalized spacial score (nSPS) is 11.0. The number of nitrogens with one attached hydrogen (secondary N) is 1. The van der Waals surface area contributed by atoms with Crippen LogP contribution in [0.25, 0.3) is 21.3 Å². The van der Waals surface area contributed by atoms with E-state index in [9.17, 15) is 9.59 Å². The molecule has 0 unspecified atom stereocenters. The van der Waals surface area contributed by atoms with Gasteiger partial charge in [-0.3, -0.25) is 4.79 Å². The molecule has 0 spiro atoms. The summed E-state index contributed by atoms with van der Waals surface area (Å²) in [6.45, 7) is 1.94. The molecule has 1 aromatic carbocycles. The predicted octanol–water partition coefficient (Wildman–Crippen LogP) is 4.38. The van der Waals surface area contributed by atoms with Gasteiger partial charge in [0.1, 0.15) is 22.0 Å². The maximum absolute atomic E-state index is 12.5. The van der Waals surface area contributed by atoms with Gasteiger partial charge in [0.05, 0.1) is 5.52 Å². The first-order valence-corrected chi connectivity index (χ1v) is 9.66. The van der Waals surface area contributed by atoms with Crippen molar-refractivity contribution in [3.63, 3.8) is 0 Å². The minimum atomic E-state index is -0.427. The van der Waals surface area contributed by atoms with Crippen LogP contribution in [0.5, 0.6) is 0 Å². The summed E-state index contributed by atoms with van der Waals surface area (Å²) in [5.41, 5.74) is 3.37. The zero-order valence-electron chi connectivity index (χ0n) is 13.8. The first-order chi connectivity index (χ1) is 12.6. The zero-order chi connectivity index (χ0) is 18.1. The number of carbonyl (C=O) groups excluding carboxylic acids is 1. The first-order valence-electron chi connectivity index (χ1n) is 7.90. The van der Waals surface area contributed by atoms with E-state index in [0.29, 0.717) is 20.9 Å². The molecule has 0 atom stereocenters. The SMILES string of the molecule is Cc1ccc(-c2ccsc2C(=O)OCc2nc3ccsc3c(=O)[nH]2)cc1. The Morgan fingerprint density at radius 1 is 1.12 bits per heavy atom. The Bertz CT molecular complexity index is 1140. The topological polar surface area (TPSA) is 72.0 Å². The zero-order valence-corrected chi connectivity index (χ0v) is 15.4. The molecule has 1 N–H and O–H groups in total. The molecule has 0 radical (unpaired) electrons. The summed E-state index contributed by atoms with van der Waals surface area (Å²) >= 11 is 2.67. The van der Waals surface area contributed by atoms with E-state index in [0.717, 1.165) is 16.7 Å². The van der Waals surface area contributed by atoms with Crippen LogP contribution in [0.2, 0.25) is 0 Å². The van der Waals surface area contributed by atoms with Crippen molar-refractivity contribution in [2.24, 2.45) is 0 Å². The number of nitrogens with zero attached hydrogens (tertiary/aromatic N) is 1. The van der Waals surface area contributed by atoms with Gasteiger partial charge in [-0.05, 0) is 35.4 Å². The number of aryl methyl sites for hydroxylation is 1. The second kappa shape index (κ2) is 6.86. The Kier molecular flexibility index (Phi) is 4.40. The highest BCUT2D eigenvalue weighted by molar-refractivity contribution is 7.17. The van der Waals surface area contributed by atoms with Gasteiger partial charge in [-0.15, -0.1) is 22.7 Å². The van der Waals surface area contributed by atoms with E-state index in [1.165, 1.54) is 22.7 Å². The molecule has 7 heteroatoms. The Morgan fingerprint density at radius 3 is 2.69 bits per heavy atom. The predicted molar refractivity (Wildman–Crippen MR) is 104 cm³/mol. The van der Waals surface area contributed by atoms with Crippen molar-refractivity contribution < 1.29 is 9.53 Å². The van der Waals surface area contributed by atoms with Gasteiger partial charge in [0, 0.05) is 5.56 Å². The summed E-state index contributed by atoms with van der Waals surface area (Å²) < 4.78 is 5.95. The highest BCUT2D eigenvalue weighted by Crippen LogP contribution is 2.29. The number of aromatic amines is 1. The third kappa shape index (κ3) is 3.18. The number of ether oxygens (including phenoxy) is 1. The summed E-state index contributed by atoms with van der Waals surface area (Å²) in [4.78, 5) is 32.0. The molecule has 0 aliphatic heterocycles. The summed E-state index contributed by atoms with van der Waals surface area (Å²) in [7, 11) is 0. The molecule has 0 aliphatic carbocycles. The monoisotopic (exact) mass is 382 g/mol. The number of aromatic nitrogens is 2. The van der Waals surface area contributed by atoms with E-state index in [1.54, 1.807) is 6.07 Å². The van der Waals surface area contributed by atoms with Crippen molar-refractivity contribution in [3.05, 3.63) is 73.8 Å². The molecule has 3 aromatic heterocycles. The minimum absolute atomic E-state index is 0.0783. The number of H-pyrrole nitrogens is 1. The van der Waals surface area contributed by atoms with Crippen molar-refractivity contribution in [3.8, 4) is 11.1 Å². The molecule has 130 valence electrons. The van der Waals surface area contributed by atoms with Crippen molar-refractivity contribution in [1.82, 2.24) is 9.97 Å². The lowest BCUT2D eigenvalue weighted by Crippen LogP contribution is -2.13. The lowest BCUT2D eigenvalue weighted by Gasteiger charge is -2.06. The molecule has 26 heavy (non-hydrogen) atoms. The van der Waals surface area contributed by atoms with Gasteiger partial charge in [-0.2, -0.15) is 0 Å². The molecular formula is C19H14N2O3S2. The van der Waals surface area contributed by atoms with E-state index >= 15 is 0 Å². The molecule has 4 aromatic rings. The van der Waals surface area contributed by atoms with Crippen LogP contribution in [0.15, 0.2) is 52.0 Å². The summed E-state index contributed by atoms with van der Waals surface area (Å²) in [6.07, 6.45) is 0. The van der Waals surface area contributed by atoms with Gasteiger partial charge in [0.25, 0.3) is 5.56 Å². The fourth-order valence-corrected chi connectivity index (χ4v) is 4.15. The Hall–Kier alpha value is -2.77. The number of esters is 1. The van der Waals surface area contributed by atoms with Crippen molar-refractivity contribution in [1.29, 1.82) is 0 Å². The van der Waals surface area contributed by atoms with Gasteiger partial charge >= 0.3 is 5.97 Å². The fraction of sp³-hybridized carbons (Fsp3) is 0.105. The van der Waals surface area contributed by atoms with Crippen molar-refractivity contribution >= 4 is 38.9 Å². The molecular weight excluding hydrogens is 368 g/mol. The minimum Gasteiger partial charge on any atom is -0.453 e. The third-order valence-corrected chi connectivity index (χ3v) is 5.71. The van der Waals surface area contributed by atoms with Crippen LogP contribution in [0.4, 0.5) is 0 Å². The van der Waals surface area contributed by atoms with E-state index in [-0.39, 0.29) is 12.2 Å². The summed E-state index contributed by atoms with van der Waals surface area (Å²) in [5.74, 6) is -0.0914. The molecule has 0 fully saturated rings. The van der Waals surface area contributed by atoms with Crippen LogP contribution in [-0.4, -0.2) is 15.9 Å². The fourth-order valence-electron chi connectivity index (χ4n) is 2.62. The van der Waals surface area contributed by atoms with Crippen molar-refractivity contribution in [2.75, 3.05) is 0 Å². The van der Waals surface area contributed by atoms with Crippen LogP contribution >= 0.6 is 22.7 Å². The average Bonchev–Trinajstić information content (AvgIpc) is 3.30. The second-order valence-electron chi connectivity index (χ2n) is 5.75. The van der Waals surface area contributed by atoms with Crippen LogP contribution < -0.4 is 5.56 Å². The standard InChI is InChI=1S/C19H14N2O3S2/c1-11-2-4-12(5-3-11)13-6-8-25-16(13)19(23)24-10-15-20-14-7-9-26-17(14)18(22)21-15/h2-9H,10H2,1H3,(H,20,21,22). The maximum atomic E-state index is 12.5. The van der Waals surface area contributed by atoms with Gasteiger partial charge in [-0.25, -0.2) is 9.78 Å². The van der Waals surface area contributed by atoms with Crippen molar-refractivity contribution in [2.45, 2.75) is 13.5 Å². The van der Waals surface area contributed by atoms with E-state index in [4.69, 9.17) is 4.74 Å². The molecule has 0 saturated carbocycles. The Labute approximate surface area is 156 Å². The lowest BCUT2D eigenvalue weighted by molar-refractivity contribution is 0.0469. The van der Waals surface area contributed by atoms with Crippen LogP contribution in [0.3, 0.4) is 0 Å². The van der Waals surface area contributed by atoms with Gasteiger partial charge < -0.3 is 9.72 Å². The highest BCUT2D eigenvalue weighted by atomic mass is 32.1. The Morgan fingerprint density at radius 2 is 1.88 bits per heavy atom. The van der Waals surface area contributed by atoms with Crippen LogP contribution in [-0.2, 0) is 11.3 Å². The first kappa shape index (κ1) is 16.7. The second-order valence-corrected chi connectivity index (χ2v) is 7.59. The summed E-state index contributed by atoms with van der Waals surface area (Å²) in [6, 6.07) is 11.7. The van der Waals surface area contributed by atoms with Gasteiger partial charge in [0.2, 0.25) is 0 Å². The highest BCUT2D eigenvalue weighted by Gasteiger charge is 2.17.